The molecule has 1 rings (SSSR count). The Morgan fingerprint density at radius 1 is 1.29 bits per heavy atom. The summed E-state index contributed by atoms with van der Waals surface area (Å²) in [5.74, 6) is 0.0568. The normalized spacial score (nSPS) is 19.5. The van der Waals surface area contributed by atoms with Crippen LogP contribution in [-0.4, -0.2) is 51.3 Å². The molecule has 17 heavy (non-hydrogen) atoms. The Hall–Kier alpha value is -0.650. The minimum absolute atomic E-state index is 0.0568. The molecular weight excluding hydrogens is 218 g/mol. The first-order chi connectivity index (χ1) is 8.33. The highest BCUT2D eigenvalue weighted by molar-refractivity contribution is 5.77. The number of ether oxygens (including phenoxy) is 1. The van der Waals surface area contributed by atoms with Crippen LogP contribution in [-0.2, 0) is 9.53 Å². The zero-order chi connectivity index (χ0) is 12.3. The van der Waals surface area contributed by atoms with E-state index in [4.69, 9.17) is 4.74 Å². The predicted octanol–water partition coefficient (Wildman–Crippen LogP) is -0.129. The van der Waals surface area contributed by atoms with Gasteiger partial charge in [-0.2, -0.15) is 0 Å². The first kappa shape index (κ1) is 14.4. The molecule has 0 aromatic carbocycles. The van der Waals surface area contributed by atoms with Crippen molar-refractivity contribution in [1.82, 2.24) is 16.0 Å². The van der Waals surface area contributed by atoms with Gasteiger partial charge in [-0.1, -0.05) is 6.92 Å². The molecule has 0 aromatic rings. The molecule has 1 amide bonds. The van der Waals surface area contributed by atoms with E-state index in [0.29, 0.717) is 19.2 Å². The molecule has 1 atom stereocenters. The number of amides is 1. The van der Waals surface area contributed by atoms with Crippen LogP contribution in [0.1, 0.15) is 26.2 Å². The molecule has 1 aliphatic heterocycles. The lowest BCUT2D eigenvalue weighted by Crippen LogP contribution is -2.39. The van der Waals surface area contributed by atoms with Gasteiger partial charge in [0.05, 0.1) is 12.6 Å². The van der Waals surface area contributed by atoms with Crippen LogP contribution in [0.2, 0.25) is 0 Å². The van der Waals surface area contributed by atoms with Gasteiger partial charge in [-0.3, -0.25) is 4.79 Å². The van der Waals surface area contributed by atoms with E-state index in [9.17, 15) is 4.79 Å². The number of carbonyl (C=O) groups is 1. The van der Waals surface area contributed by atoms with Gasteiger partial charge in [0, 0.05) is 26.2 Å². The molecule has 5 heteroatoms. The maximum absolute atomic E-state index is 11.4. The average Bonchev–Trinajstić information content (AvgIpc) is 2.82. The van der Waals surface area contributed by atoms with E-state index in [0.717, 1.165) is 45.5 Å². The van der Waals surface area contributed by atoms with Crippen molar-refractivity contribution >= 4 is 5.91 Å². The largest absolute Gasteiger partial charge is 0.377 e. The Balaban J connectivity index is 1.86. The van der Waals surface area contributed by atoms with Gasteiger partial charge in [-0.15, -0.1) is 0 Å². The summed E-state index contributed by atoms with van der Waals surface area (Å²) in [7, 11) is 0. The quantitative estimate of drug-likeness (QED) is 0.494. The van der Waals surface area contributed by atoms with Gasteiger partial charge in [-0.05, 0) is 25.8 Å². The molecule has 1 aliphatic rings. The number of hydrogen-bond acceptors (Lipinski definition) is 4. The minimum atomic E-state index is 0.0568. The maximum atomic E-state index is 11.4. The first-order valence-corrected chi connectivity index (χ1v) is 6.62. The molecular formula is C12H25N3O2. The highest BCUT2D eigenvalue weighted by atomic mass is 16.5. The van der Waals surface area contributed by atoms with Gasteiger partial charge in [-0.25, -0.2) is 0 Å². The van der Waals surface area contributed by atoms with Gasteiger partial charge in [0.15, 0.2) is 0 Å². The fraction of sp³-hybridized carbons (Fsp3) is 0.917. The highest BCUT2D eigenvalue weighted by Crippen LogP contribution is 2.10. The second-order valence-electron chi connectivity index (χ2n) is 4.37. The lowest BCUT2D eigenvalue weighted by molar-refractivity contribution is -0.120. The number of nitrogens with one attached hydrogen (secondary N) is 3. The van der Waals surface area contributed by atoms with Crippen molar-refractivity contribution < 1.29 is 9.53 Å². The van der Waals surface area contributed by atoms with E-state index >= 15 is 0 Å². The Bertz CT molecular complexity index is 206. The van der Waals surface area contributed by atoms with Crippen molar-refractivity contribution in [3.05, 3.63) is 0 Å². The molecule has 0 saturated carbocycles. The summed E-state index contributed by atoms with van der Waals surface area (Å²) < 4.78 is 5.46. The van der Waals surface area contributed by atoms with Crippen LogP contribution in [0.15, 0.2) is 0 Å². The molecule has 1 fully saturated rings. The molecule has 0 aromatic heterocycles. The molecule has 0 aliphatic carbocycles. The Morgan fingerprint density at radius 3 is 2.88 bits per heavy atom. The Morgan fingerprint density at radius 2 is 2.18 bits per heavy atom. The van der Waals surface area contributed by atoms with Crippen LogP contribution >= 0.6 is 0 Å². The summed E-state index contributed by atoms with van der Waals surface area (Å²) in [6.07, 6.45) is 3.67. The topological polar surface area (TPSA) is 62.4 Å². The van der Waals surface area contributed by atoms with Gasteiger partial charge in [0.1, 0.15) is 0 Å². The second kappa shape index (κ2) is 9.39. The van der Waals surface area contributed by atoms with E-state index in [1.165, 1.54) is 0 Å². The summed E-state index contributed by atoms with van der Waals surface area (Å²) >= 11 is 0. The number of rotatable bonds is 9. The SMILES string of the molecule is CCCNCCNC(=O)CNCC1CCCO1. The van der Waals surface area contributed by atoms with Gasteiger partial charge in [0.2, 0.25) is 5.91 Å². The molecule has 0 bridgehead atoms. The summed E-state index contributed by atoms with van der Waals surface area (Å²) in [6.45, 7) is 6.69. The summed E-state index contributed by atoms with van der Waals surface area (Å²) in [5.41, 5.74) is 0. The van der Waals surface area contributed by atoms with Crippen LogP contribution in [0.3, 0.4) is 0 Å². The highest BCUT2D eigenvalue weighted by Gasteiger charge is 2.14. The van der Waals surface area contributed by atoms with Crippen LogP contribution in [0.25, 0.3) is 0 Å². The fourth-order valence-electron chi connectivity index (χ4n) is 1.81. The molecule has 100 valence electrons. The predicted molar refractivity (Wildman–Crippen MR) is 68.0 cm³/mol. The van der Waals surface area contributed by atoms with E-state index < -0.39 is 0 Å². The van der Waals surface area contributed by atoms with Crippen molar-refractivity contribution in [3.63, 3.8) is 0 Å². The molecule has 1 saturated heterocycles. The van der Waals surface area contributed by atoms with Crippen molar-refractivity contribution in [2.45, 2.75) is 32.3 Å². The monoisotopic (exact) mass is 243 g/mol. The lowest BCUT2D eigenvalue weighted by Gasteiger charge is -2.11. The molecule has 0 radical (unpaired) electrons. The van der Waals surface area contributed by atoms with E-state index in [-0.39, 0.29) is 5.91 Å². The van der Waals surface area contributed by atoms with Crippen LogP contribution in [0, 0.1) is 0 Å². The van der Waals surface area contributed by atoms with Gasteiger partial charge >= 0.3 is 0 Å². The standard InChI is InChI=1S/C12H25N3O2/c1-2-5-13-6-7-15-12(16)10-14-9-11-4-3-8-17-11/h11,13-14H,2-10H2,1H3,(H,15,16). The first-order valence-electron chi connectivity index (χ1n) is 6.62. The van der Waals surface area contributed by atoms with E-state index in [1.54, 1.807) is 0 Å². The Labute approximate surface area is 104 Å². The van der Waals surface area contributed by atoms with E-state index in [2.05, 4.69) is 22.9 Å². The Kier molecular flexibility index (Phi) is 7.96. The molecule has 1 heterocycles. The minimum Gasteiger partial charge on any atom is -0.377 e. The lowest BCUT2D eigenvalue weighted by atomic mass is 10.2. The average molecular weight is 243 g/mol. The maximum Gasteiger partial charge on any atom is 0.234 e. The van der Waals surface area contributed by atoms with Crippen LogP contribution in [0.4, 0.5) is 0 Å². The molecule has 1 unspecified atom stereocenters. The third-order valence-corrected chi connectivity index (χ3v) is 2.73. The van der Waals surface area contributed by atoms with Crippen LogP contribution < -0.4 is 16.0 Å². The number of hydrogen-bond donors (Lipinski definition) is 3. The zero-order valence-corrected chi connectivity index (χ0v) is 10.8. The van der Waals surface area contributed by atoms with Crippen molar-refractivity contribution in [3.8, 4) is 0 Å². The van der Waals surface area contributed by atoms with E-state index in [1.807, 2.05) is 0 Å². The van der Waals surface area contributed by atoms with Crippen molar-refractivity contribution in [2.75, 3.05) is 39.3 Å². The molecule has 0 spiro atoms. The smallest absolute Gasteiger partial charge is 0.234 e. The summed E-state index contributed by atoms with van der Waals surface area (Å²) in [5, 5.41) is 9.22. The third kappa shape index (κ3) is 7.31. The van der Waals surface area contributed by atoms with Gasteiger partial charge < -0.3 is 20.7 Å². The summed E-state index contributed by atoms with van der Waals surface area (Å²) in [6, 6.07) is 0. The summed E-state index contributed by atoms with van der Waals surface area (Å²) in [4.78, 5) is 11.4. The fourth-order valence-corrected chi connectivity index (χ4v) is 1.81. The second-order valence-corrected chi connectivity index (χ2v) is 4.37. The van der Waals surface area contributed by atoms with Crippen molar-refractivity contribution in [2.24, 2.45) is 0 Å². The van der Waals surface area contributed by atoms with Crippen LogP contribution in [0.5, 0.6) is 0 Å². The van der Waals surface area contributed by atoms with Crippen molar-refractivity contribution in [1.29, 1.82) is 0 Å². The number of carbonyl (C=O) groups excluding carboxylic acids is 1. The third-order valence-electron chi connectivity index (χ3n) is 2.73. The van der Waals surface area contributed by atoms with Gasteiger partial charge in [0.25, 0.3) is 0 Å². The zero-order valence-electron chi connectivity index (χ0n) is 10.8. The molecule has 5 nitrogen and oxygen atoms in total. The molecule has 3 N–H and O–H groups in total.